The van der Waals surface area contributed by atoms with Gasteiger partial charge in [-0.25, -0.2) is 0 Å². The summed E-state index contributed by atoms with van der Waals surface area (Å²) in [5, 5.41) is 12.6. The molecule has 1 aliphatic heterocycles. The highest BCUT2D eigenvalue weighted by molar-refractivity contribution is 6.31. The number of benzene rings is 1. The molecule has 5 nitrogen and oxygen atoms in total. The van der Waals surface area contributed by atoms with Crippen molar-refractivity contribution < 1.29 is 19.4 Å². The molecule has 0 radical (unpaired) electrons. The van der Waals surface area contributed by atoms with Crippen LogP contribution in [0.2, 0.25) is 5.02 Å². The number of rotatable bonds is 2. The molecule has 102 valence electrons. The standard InChI is InChI=1S/C13H14ClNO4/c1-13(2)8(6-11(17)19-13)12(18)15-9-5-7(14)3-4-10(9)16/h3-5,8,16H,6H2,1-2H3,(H,15,18). The number of aromatic hydroxyl groups is 1. The Morgan fingerprint density at radius 2 is 2.21 bits per heavy atom. The predicted octanol–water partition coefficient (Wildman–Crippen LogP) is 2.33. The Morgan fingerprint density at radius 1 is 1.53 bits per heavy atom. The van der Waals surface area contributed by atoms with Crippen molar-refractivity contribution >= 4 is 29.2 Å². The molecule has 0 aromatic heterocycles. The van der Waals surface area contributed by atoms with Gasteiger partial charge in [0.1, 0.15) is 11.4 Å². The zero-order valence-electron chi connectivity index (χ0n) is 10.6. The highest BCUT2D eigenvalue weighted by Crippen LogP contribution is 2.34. The van der Waals surface area contributed by atoms with Crippen molar-refractivity contribution in [3.8, 4) is 5.75 Å². The topological polar surface area (TPSA) is 75.6 Å². The van der Waals surface area contributed by atoms with Crippen molar-refractivity contribution in [2.75, 3.05) is 5.32 Å². The number of carbonyl (C=O) groups excluding carboxylic acids is 2. The van der Waals surface area contributed by atoms with Crippen LogP contribution in [0, 0.1) is 5.92 Å². The number of phenols is 1. The number of amides is 1. The molecule has 1 saturated heterocycles. The second-order valence-electron chi connectivity index (χ2n) is 4.98. The molecule has 1 aromatic rings. The predicted molar refractivity (Wildman–Crippen MR) is 70.0 cm³/mol. The number of halogens is 1. The normalized spacial score (nSPS) is 21.0. The van der Waals surface area contributed by atoms with E-state index in [2.05, 4.69) is 5.32 Å². The fourth-order valence-corrected chi connectivity index (χ4v) is 2.23. The molecular weight excluding hydrogens is 270 g/mol. The molecule has 1 amide bonds. The van der Waals surface area contributed by atoms with Gasteiger partial charge in [-0.1, -0.05) is 11.6 Å². The molecular formula is C13H14ClNO4. The largest absolute Gasteiger partial charge is 0.506 e. The first kappa shape index (κ1) is 13.7. The Morgan fingerprint density at radius 3 is 2.79 bits per heavy atom. The van der Waals surface area contributed by atoms with Crippen LogP contribution in [0.4, 0.5) is 5.69 Å². The average Bonchev–Trinajstić information content (AvgIpc) is 2.57. The zero-order valence-corrected chi connectivity index (χ0v) is 11.3. The third-order valence-electron chi connectivity index (χ3n) is 3.12. The van der Waals surface area contributed by atoms with Crippen LogP contribution in [-0.2, 0) is 14.3 Å². The molecule has 0 saturated carbocycles. The molecule has 0 spiro atoms. The van der Waals surface area contributed by atoms with Crippen molar-refractivity contribution in [1.29, 1.82) is 0 Å². The maximum absolute atomic E-state index is 12.1. The number of nitrogens with one attached hydrogen (secondary N) is 1. The summed E-state index contributed by atoms with van der Waals surface area (Å²) in [5.41, 5.74) is -0.636. The summed E-state index contributed by atoms with van der Waals surface area (Å²) in [6.07, 6.45) is 0.0279. The summed E-state index contributed by atoms with van der Waals surface area (Å²) in [6, 6.07) is 4.34. The Hall–Kier alpha value is -1.75. The fraction of sp³-hybridized carbons (Fsp3) is 0.385. The lowest BCUT2D eigenvalue weighted by molar-refractivity contribution is -0.147. The fourth-order valence-electron chi connectivity index (χ4n) is 2.06. The van der Waals surface area contributed by atoms with Crippen LogP contribution in [0.25, 0.3) is 0 Å². The van der Waals surface area contributed by atoms with Crippen LogP contribution < -0.4 is 5.32 Å². The molecule has 2 rings (SSSR count). The molecule has 1 atom stereocenters. The van der Waals surface area contributed by atoms with Crippen molar-refractivity contribution in [3.63, 3.8) is 0 Å². The molecule has 0 bridgehead atoms. The van der Waals surface area contributed by atoms with Crippen LogP contribution in [-0.4, -0.2) is 22.6 Å². The van der Waals surface area contributed by atoms with Crippen LogP contribution in [0.5, 0.6) is 5.75 Å². The second kappa shape index (κ2) is 4.74. The first-order valence-electron chi connectivity index (χ1n) is 5.81. The molecule has 1 unspecified atom stereocenters. The Labute approximate surface area is 115 Å². The number of cyclic esters (lactones) is 1. The molecule has 0 aliphatic carbocycles. The van der Waals surface area contributed by atoms with E-state index < -0.39 is 17.5 Å². The van der Waals surface area contributed by atoms with E-state index in [4.69, 9.17) is 16.3 Å². The first-order valence-corrected chi connectivity index (χ1v) is 6.18. The summed E-state index contributed by atoms with van der Waals surface area (Å²) in [4.78, 5) is 23.4. The number of anilines is 1. The Balaban J connectivity index is 2.17. The number of phenolic OH excluding ortho intramolecular Hbond substituents is 1. The van der Waals surface area contributed by atoms with Gasteiger partial charge in [-0.2, -0.15) is 0 Å². The summed E-state index contributed by atoms with van der Waals surface area (Å²) in [7, 11) is 0. The summed E-state index contributed by atoms with van der Waals surface area (Å²) >= 11 is 5.80. The number of hydrogen-bond acceptors (Lipinski definition) is 4. The molecule has 2 N–H and O–H groups in total. The quantitative estimate of drug-likeness (QED) is 0.645. The highest BCUT2D eigenvalue weighted by Gasteiger charge is 2.46. The second-order valence-corrected chi connectivity index (χ2v) is 5.42. The number of carbonyl (C=O) groups is 2. The van der Waals surface area contributed by atoms with Gasteiger partial charge in [0.2, 0.25) is 5.91 Å². The van der Waals surface area contributed by atoms with Gasteiger partial charge in [0.25, 0.3) is 0 Å². The third-order valence-corrected chi connectivity index (χ3v) is 3.35. The molecule has 19 heavy (non-hydrogen) atoms. The highest BCUT2D eigenvalue weighted by atomic mass is 35.5. The van der Waals surface area contributed by atoms with Crippen molar-refractivity contribution in [1.82, 2.24) is 0 Å². The lowest BCUT2D eigenvalue weighted by atomic mass is 9.90. The molecule has 1 aliphatic rings. The van der Waals surface area contributed by atoms with Gasteiger partial charge in [0.15, 0.2) is 0 Å². The van der Waals surface area contributed by atoms with Gasteiger partial charge >= 0.3 is 5.97 Å². The molecule has 6 heteroatoms. The van der Waals surface area contributed by atoms with Crippen LogP contribution >= 0.6 is 11.6 Å². The summed E-state index contributed by atoms with van der Waals surface area (Å²) in [6.45, 7) is 3.36. The van der Waals surface area contributed by atoms with Gasteiger partial charge < -0.3 is 15.2 Å². The van der Waals surface area contributed by atoms with Gasteiger partial charge in [-0.05, 0) is 32.0 Å². The minimum atomic E-state index is -0.852. The molecule has 1 fully saturated rings. The van der Waals surface area contributed by atoms with E-state index in [1.165, 1.54) is 18.2 Å². The van der Waals surface area contributed by atoms with Crippen LogP contribution in [0.3, 0.4) is 0 Å². The first-order chi connectivity index (χ1) is 8.79. The van der Waals surface area contributed by atoms with Gasteiger partial charge in [0, 0.05) is 5.02 Å². The van der Waals surface area contributed by atoms with Crippen LogP contribution in [0.15, 0.2) is 18.2 Å². The van der Waals surface area contributed by atoms with E-state index in [9.17, 15) is 14.7 Å². The maximum Gasteiger partial charge on any atom is 0.307 e. The van der Waals surface area contributed by atoms with E-state index in [1.807, 2.05) is 0 Å². The lowest BCUT2D eigenvalue weighted by Gasteiger charge is -2.23. The average molecular weight is 284 g/mol. The minimum absolute atomic E-state index is 0.0279. The molecule has 1 aromatic carbocycles. The van der Waals surface area contributed by atoms with Gasteiger partial charge in [0.05, 0.1) is 18.0 Å². The number of esters is 1. The minimum Gasteiger partial charge on any atom is -0.506 e. The third kappa shape index (κ3) is 2.81. The van der Waals surface area contributed by atoms with Crippen molar-refractivity contribution in [2.45, 2.75) is 25.9 Å². The van der Waals surface area contributed by atoms with E-state index >= 15 is 0 Å². The Bertz CT molecular complexity index is 541. The van der Waals surface area contributed by atoms with E-state index in [-0.39, 0.29) is 23.8 Å². The Kier molecular flexibility index (Phi) is 3.41. The van der Waals surface area contributed by atoms with Crippen molar-refractivity contribution in [3.05, 3.63) is 23.2 Å². The zero-order chi connectivity index (χ0) is 14.2. The smallest absolute Gasteiger partial charge is 0.307 e. The maximum atomic E-state index is 12.1. The van der Waals surface area contributed by atoms with E-state index in [0.717, 1.165) is 0 Å². The monoisotopic (exact) mass is 283 g/mol. The SMILES string of the molecule is CC1(C)OC(=O)CC1C(=O)Nc1cc(Cl)ccc1O. The van der Waals surface area contributed by atoms with Crippen molar-refractivity contribution in [2.24, 2.45) is 5.92 Å². The van der Waals surface area contributed by atoms with E-state index in [1.54, 1.807) is 13.8 Å². The lowest BCUT2D eigenvalue weighted by Crippen LogP contribution is -2.36. The number of ether oxygens (including phenoxy) is 1. The molecule has 1 heterocycles. The number of hydrogen-bond donors (Lipinski definition) is 2. The van der Waals surface area contributed by atoms with E-state index in [0.29, 0.717) is 5.02 Å². The van der Waals surface area contributed by atoms with Gasteiger partial charge in [-0.3, -0.25) is 9.59 Å². The van der Waals surface area contributed by atoms with Crippen LogP contribution in [0.1, 0.15) is 20.3 Å². The summed E-state index contributed by atoms with van der Waals surface area (Å²) < 4.78 is 5.09. The van der Waals surface area contributed by atoms with Gasteiger partial charge in [-0.15, -0.1) is 0 Å². The summed E-state index contributed by atoms with van der Waals surface area (Å²) in [5.74, 6) is -1.46.